The highest BCUT2D eigenvalue weighted by molar-refractivity contribution is 5.84. The molecule has 0 aliphatic carbocycles. The van der Waals surface area contributed by atoms with Gasteiger partial charge in [-0.3, -0.25) is 9.59 Å². The Bertz CT molecular complexity index is 484. The van der Waals surface area contributed by atoms with Gasteiger partial charge in [0.05, 0.1) is 6.10 Å². The molecule has 130 valence electrons. The van der Waals surface area contributed by atoms with E-state index in [1.165, 1.54) is 13.8 Å². The Hall–Kier alpha value is -2.09. The largest absolute Gasteiger partial charge is 0.475 e. The van der Waals surface area contributed by atoms with Crippen LogP contribution in [0.15, 0.2) is 11.8 Å². The third-order valence-electron chi connectivity index (χ3n) is 3.33. The fourth-order valence-corrected chi connectivity index (χ4v) is 2.23. The molecule has 0 fully saturated rings. The standard InChI is InChI=1S/C15H23NO7/c1-5-10(6-2)22-15-13(16-8(3)17)11(21-9(4)18)7-12(23-15)14(19)20/h7,10-11,13,15H,5-6H2,1-4H3,(H,16,17)(H,19,20)/t11-,13+,15+/m0/s1. The van der Waals surface area contributed by atoms with Crippen LogP contribution in [0.25, 0.3) is 0 Å². The first-order valence-electron chi connectivity index (χ1n) is 7.50. The van der Waals surface area contributed by atoms with Gasteiger partial charge in [-0.15, -0.1) is 0 Å². The van der Waals surface area contributed by atoms with Crippen molar-refractivity contribution in [2.24, 2.45) is 0 Å². The van der Waals surface area contributed by atoms with Crippen molar-refractivity contribution in [3.8, 4) is 0 Å². The van der Waals surface area contributed by atoms with Crippen molar-refractivity contribution in [2.75, 3.05) is 0 Å². The smallest absolute Gasteiger partial charge is 0.371 e. The van der Waals surface area contributed by atoms with E-state index >= 15 is 0 Å². The molecule has 0 bridgehead atoms. The molecule has 0 aromatic rings. The highest BCUT2D eigenvalue weighted by atomic mass is 16.7. The zero-order chi connectivity index (χ0) is 17.6. The summed E-state index contributed by atoms with van der Waals surface area (Å²) >= 11 is 0. The number of carbonyl (C=O) groups is 3. The van der Waals surface area contributed by atoms with Crippen LogP contribution in [0, 0.1) is 0 Å². The number of hydrogen-bond acceptors (Lipinski definition) is 6. The van der Waals surface area contributed by atoms with Crippen molar-refractivity contribution in [1.82, 2.24) is 5.32 Å². The maximum atomic E-state index is 11.4. The van der Waals surface area contributed by atoms with Crippen molar-refractivity contribution in [3.63, 3.8) is 0 Å². The molecule has 8 heteroatoms. The number of rotatable bonds is 7. The summed E-state index contributed by atoms with van der Waals surface area (Å²) in [6.07, 6.45) is 0.292. The van der Waals surface area contributed by atoms with Crippen LogP contribution in [0.2, 0.25) is 0 Å². The molecule has 0 aromatic heterocycles. The molecule has 0 radical (unpaired) electrons. The molecule has 1 aliphatic heterocycles. The molecule has 1 amide bonds. The predicted octanol–water partition coefficient (Wildman–Crippen LogP) is 0.953. The molecular weight excluding hydrogens is 306 g/mol. The van der Waals surface area contributed by atoms with E-state index in [4.69, 9.17) is 19.3 Å². The van der Waals surface area contributed by atoms with Gasteiger partial charge in [-0.05, 0) is 12.8 Å². The van der Waals surface area contributed by atoms with Crippen molar-refractivity contribution in [1.29, 1.82) is 0 Å². The second-order valence-corrected chi connectivity index (χ2v) is 5.20. The summed E-state index contributed by atoms with van der Waals surface area (Å²) in [5, 5.41) is 11.7. The van der Waals surface area contributed by atoms with Gasteiger partial charge in [-0.25, -0.2) is 4.79 Å². The van der Waals surface area contributed by atoms with Crippen molar-refractivity contribution >= 4 is 17.8 Å². The zero-order valence-corrected chi connectivity index (χ0v) is 13.7. The fraction of sp³-hybridized carbons (Fsp3) is 0.667. The molecule has 23 heavy (non-hydrogen) atoms. The molecule has 3 atom stereocenters. The highest BCUT2D eigenvalue weighted by Gasteiger charge is 2.41. The molecule has 2 N–H and O–H groups in total. The van der Waals surface area contributed by atoms with E-state index in [0.717, 1.165) is 6.08 Å². The molecular formula is C15H23NO7. The summed E-state index contributed by atoms with van der Waals surface area (Å²) in [6, 6.07) is -0.833. The van der Waals surface area contributed by atoms with E-state index in [0.29, 0.717) is 12.8 Å². The van der Waals surface area contributed by atoms with Crippen molar-refractivity contribution < 1.29 is 33.7 Å². The predicted molar refractivity (Wildman–Crippen MR) is 79.2 cm³/mol. The van der Waals surface area contributed by atoms with E-state index in [1.54, 1.807) is 0 Å². The van der Waals surface area contributed by atoms with Crippen molar-refractivity contribution in [2.45, 2.75) is 65.1 Å². The van der Waals surface area contributed by atoms with Crippen LogP contribution in [-0.4, -0.2) is 47.5 Å². The Morgan fingerprint density at radius 1 is 1.30 bits per heavy atom. The van der Waals surface area contributed by atoms with Gasteiger partial charge >= 0.3 is 11.9 Å². The molecule has 0 unspecified atom stereocenters. The third-order valence-corrected chi connectivity index (χ3v) is 3.33. The molecule has 0 saturated heterocycles. The quantitative estimate of drug-likeness (QED) is 0.669. The van der Waals surface area contributed by atoms with Gasteiger partial charge in [0.1, 0.15) is 6.04 Å². The minimum absolute atomic E-state index is 0.178. The van der Waals surface area contributed by atoms with Crippen LogP contribution in [0.3, 0.4) is 0 Å². The molecule has 1 heterocycles. The number of carbonyl (C=O) groups excluding carboxylic acids is 2. The van der Waals surface area contributed by atoms with Gasteiger partial charge in [0.2, 0.25) is 18.0 Å². The summed E-state index contributed by atoms with van der Waals surface area (Å²) in [7, 11) is 0. The average Bonchev–Trinajstić information content (AvgIpc) is 2.46. The number of hydrogen-bond donors (Lipinski definition) is 2. The lowest BCUT2D eigenvalue weighted by Crippen LogP contribution is -2.56. The first-order valence-corrected chi connectivity index (χ1v) is 7.50. The summed E-state index contributed by atoms with van der Waals surface area (Å²) in [5.41, 5.74) is 0. The number of nitrogens with one attached hydrogen (secondary N) is 1. The van der Waals surface area contributed by atoms with E-state index in [-0.39, 0.29) is 17.8 Å². The Morgan fingerprint density at radius 3 is 2.35 bits per heavy atom. The molecule has 1 rings (SSSR count). The Morgan fingerprint density at radius 2 is 1.91 bits per heavy atom. The second-order valence-electron chi connectivity index (χ2n) is 5.20. The van der Waals surface area contributed by atoms with Crippen LogP contribution in [0.1, 0.15) is 40.5 Å². The molecule has 8 nitrogen and oxygen atoms in total. The first kappa shape index (κ1) is 19.0. The lowest BCUT2D eigenvalue weighted by Gasteiger charge is -2.37. The van der Waals surface area contributed by atoms with Gasteiger partial charge < -0.3 is 24.6 Å². The highest BCUT2D eigenvalue weighted by Crippen LogP contribution is 2.24. The Balaban J connectivity index is 3.11. The second kappa shape index (κ2) is 8.52. The van der Waals surface area contributed by atoms with Crippen LogP contribution >= 0.6 is 0 Å². The van der Waals surface area contributed by atoms with Gasteiger partial charge in [-0.1, -0.05) is 13.8 Å². The average molecular weight is 329 g/mol. The van der Waals surface area contributed by atoms with Gasteiger partial charge in [-0.2, -0.15) is 0 Å². The number of aliphatic carboxylic acids is 1. The van der Waals surface area contributed by atoms with Gasteiger partial charge in [0, 0.05) is 19.9 Å². The van der Waals surface area contributed by atoms with E-state index in [1.807, 2.05) is 13.8 Å². The number of carboxylic acid groups (broad SMARTS) is 1. The summed E-state index contributed by atoms with van der Waals surface area (Å²) in [5.74, 6) is -2.66. The summed E-state index contributed by atoms with van der Waals surface area (Å²) in [6.45, 7) is 6.34. The SMILES string of the molecule is CCC(CC)O[C@@H]1OC(C(=O)O)=C[C@H](OC(C)=O)[C@H]1NC(C)=O. The summed E-state index contributed by atoms with van der Waals surface area (Å²) in [4.78, 5) is 33.9. The Kier molecular flexibility index (Phi) is 7.02. The molecule has 1 aliphatic rings. The lowest BCUT2D eigenvalue weighted by molar-refractivity contribution is -0.199. The lowest BCUT2D eigenvalue weighted by atomic mass is 10.1. The van der Waals surface area contributed by atoms with Gasteiger partial charge in [0.15, 0.2) is 6.10 Å². The number of amides is 1. The Labute approximate surface area is 134 Å². The third kappa shape index (κ3) is 5.55. The van der Waals surface area contributed by atoms with Crippen LogP contribution in [-0.2, 0) is 28.6 Å². The van der Waals surface area contributed by atoms with Crippen LogP contribution in [0.4, 0.5) is 0 Å². The van der Waals surface area contributed by atoms with Crippen molar-refractivity contribution in [3.05, 3.63) is 11.8 Å². The summed E-state index contributed by atoms with van der Waals surface area (Å²) < 4.78 is 16.2. The maximum Gasteiger partial charge on any atom is 0.371 e. The normalized spacial score (nSPS) is 23.7. The topological polar surface area (TPSA) is 111 Å². The fourth-order valence-electron chi connectivity index (χ4n) is 2.23. The van der Waals surface area contributed by atoms with E-state index in [2.05, 4.69) is 5.32 Å². The minimum atomic E-state index is -1.30. The molecule has 0 saturated carbocycles. The number of esters is 1. The monoisotopic (exact) mass is 329 g/mol. The minimum Gasteiger partial charge on any atom is -0.475 e. The molecule has 0 aromatic carbocycles. The molecule has 0 spiro atoms. The van der Waals surface area contributed by atoms with Crippen LogP contribution < -0.4 is 5.32 Å². The number of carboxylic acids is 1. The van der Waals surface area contributed by atoms with E-state index in [9.17, 15) is 14.4 Å². The first-order chi connectivity index (χ1) is 10.8. The van der Waals surface area contributed by atoms with Gasteiger partial charge in [0.25, 0.3) is 0 Å². The van der Waals surface area contributed by atoms with E-state index < -0.39 is 30.4 Å². The zero-order valence-electron chi connectivity index (χ0n) is 13.7. The van der Waals surface area contributed by atoms with Crippen LogP contribution in [0.5, 0.6) is 0 Å². The maximum absolute atomic E-state index is 11.4. The number of ether oxygens (including phenoxy) is 3.